The molecule has 1 heterocycles. The molecule has 0 saturated heterocycles. The van der Waals surface area contributed by atoms with Gasteiger partial charge in [-0.25, -0.2) is 4.68 Å². The van der Waals surface area contributed by atoms with Gasteiger partial charge in [0.2, 0.25) is 0 Å². The number of hydrogen-bond acceptors (Lipinski definition) is 3. The molecule has 0 amide bonds. The fraction of sp³-hybridized carbons (Fsp3) is 0.333. The molecule has 1 N–H and O–H groups in total. The van der Waals surface area contributed by atoms with E-state index >= 15 is 0 Å². The van der Waals surface area contributed by atoms with Crippen molar-refractivity contribution >= 4 is 21.6 Å². The number of nitrogens with zero attached hydrogens (tertiary/aromatic N) is 2. The van der Waals surface area contributed by atoms with Gasteiger partial charge in [0.1, 0.15) is 4.47 Å². The average molecular weight is 336 g/mol. The van der Waals surface area contributed by atoms with E-state index in [4.69, 9.17) is 0 Å². The lowest BCUT2D eigenvalue weighted by molar-refractivity contribution is 0.565. The van der Waals surface area contributed by atoms with Crippen LogP contribution in [0.15, 0.2) is 45.8 Å². The fourth-order valence-corrected chi connectivity index (χ4v) is 2.42. The van der Waals surface area contributed by atoms with Crippen molar-refractivity contribution < 1.29 is 0 Å². The first-order chi connectivity index (χ1) is 9.63. The minimum Gasteiger partial charge on any atom is -0.376 e. The lowest BCUT2D eigenvalue weighted by atomic mass is 10.1. The van der Waals surface area contributed by atoms with Crippen molar-refractivity contribution in [2.75, 3.05) is 5.32 Å². The average Bonchev–Trinajstić information content (AvgIpc) is 2.48. The van der Waals surface area contributed by atoms with Gasteiger partial charge < -0.3 is 5.32 Å². The van der Waals surface area contributed by atoms with Crippen LogP contribution in [-0.2, 0) is 6.54 Å². The van der Waals surface area contributed by atoms with Crippen LogP contribution in [0.2, 0.25) is 0 Å². The van der Waals surface area contributed by atoms with Gasteiger partial charge >= 0.3 is 0 Å². The van der Waals surface area contributed by atoms with E-state index in [1.165, 1.54) is 4.68 Å². The van der Waals surface area contributed by atoms with Crippen LogP contribution in [0.25, 0.3) is 0 Å². The van der Waals surface area contributed by atoms with E-state index in [0.717, 1.165) is 17.7 Å². The second-order valence-electron chi connectivity index (χ2n) is 4.68. The van der Waals surface area contributed by atoms with E-state index in [9.17, 15) is 4.79 Å². The highest BCUT2D eigenvalue weighted by atomic mass is 79.9. The Morgan fingerprint density at radius 1 is 1.35 bits per heavy atom. The number of benzene rings is 1. The highest BCUT2D eigenvalue weighted by molar-refractivity contribution is 9.10. The van der Waals surface area contributed by atoms with Crippen LogP contribution in [0.3, 0.4) is 0 Å². The Morgan fingerprint density at radius 3 is 2.70 bits per heavy atom. The summed E-state index contributed by atoms with van der Waals surface area (Å²) < 4.78 is 2.01. The zero-order valence-electron chi connectivity index (χ0n) is 11.6. The molecular weight excluding hydrogens is 318 g/mol. The molecule has 106 valence electrons. The minimum atomic E-state index is -0.0999. The molecular formula is C15H18BrN3O. The van der Waals surface area contributed by atoms with Gasteiger partial charge in [-0.1, -0.05) is 37.3 Å². The van der Waals surface area contributed by atoms with Gasteiger partial charge in [0.25, 0.3) is 5.56 Å². The van der Waals surface area contributed by atoms with E-state index in [2.05, 4.69) is 45.4 Å². The number of anilines is 1. The van der Waals surface area contributed by atoms with Crippen LogP contribution in [-0.4, -0.2) is 9.78 Å². The first-order valence-electron chi connectivity index (χ1n) is 6.70. The third-order valence-electron chi connectivity index (χ3n) is 3.09. The molecule has 1 aromatic carbocycles. The van der Waals surface area contributed by atoms with E-state index in [1.807, 2.05) is 25.1 Å². The summed E-state index contributed by atoms with van der Waals surface area (Å²) in [6, 6.07) is 10.2. The first-order valence-corrected chi connectivity index (χ1v) is 7.50. The molecule has 0 aliphatic carbocycles. The first kappa shape index (κ1) is 14.8. The molecule has 4 nitrogen and oxygen atoms in total. The van der Waals surface area contributed by atoms with Gasteiger partial charge in [0.15, 0.2) is 0 Å². The Bertz CT molecular complexity index is 625. The molecule has 0 bridgehead atoms. The molecule has 0 aliphatic rings. The van der Waals surface area contributed by atoms with E-state index in [1.54, 1.807) is 6.20 Å². The summed E-state index contributed by atoms with van der Waals surface area (Å²) in [7, 11) is 0. The maximum Gasteiger partial charge on any atom is 0.283 e. The van der Waals surface area contributed by atoms with Crippen LogP contribution >= 0.6 is 15.9 Å². The highest BCUT2D eigenvalue weighted by Crippen LogP contribution is 2.22. The zero-order chi connectivity index (χ0) is 14.5. The van der Waals surface area contributed by atoms with Crippen LogP contribution in [0.1, 0.15) is 31.9 Å². The zero-order valence-corrected chi connectivity index (χ0v) is 13.2. The van der Waals surface area contributed by atoms with Crippen LogP contribution in [0.5, 0.6) is 0 Å². The van der Waals surface area contributed by atoms with Crippen molar-refractivity contribution in [2.24, 2.45) is 0 Å². The monoisotopic (exact) mass is 335 g/mol. The number of nitrogens with one attached hydrogen (secondary N) is 1. The Morgan fingerprint density at radius 2 is 2.05 bits per heavy atom. The molecule has 1 atom stereocenters. The maximum atomic E-state index is 12.1. The third-order valence-corrected chi connectivity index (χ3v) is 3.86. The van der Waals surface area contributed by atoms with Crippen molar-refractivity contribution in [3.8, 4) is 0 Å². The maximum absolute atomic E-state index is 12.1. The molecule has 1 unspecified atom stereocenters. The minimum absolute atomic E-state index is 0.0999. The summed E-state index contributed by atoms with van der Waals surface area (Å²) in [5.41, 5.74) is 1.79. The van der Waals surface area contributed by atoms with Gasteiger partial charge in [-0.2, -0.15) is 5.10 Å². The summed E-state index contributed by atoms with van der Waals surface area (Å²) in [6.07, 6.45) is 2.58. The lowest BCUT2D eigenvalue weighted by Gasteiger charge is -2.16. The van der Waals surface area contributed by atoms with E-state index < -0.39 is 0 Å². The number of aryl methyl sites for hydroxylation is 1. The molecule has 20 heavy (non-hydrogen) atoms. The van der Waals surface area contributed by atoms with Crippen molar-refractivity contribution in [2.45, 2.75) is 32.9 Å². The summed E-state index contributed by atoms with van der Waals surface area (Å²) in [5.74, 6) is 0. The molecule has 0 radical (unpaired) electrons. The summed E-state index contributed by atoms with van der Waals surface area (Å²) in [4.78, 5) is 12.1. The second-order valence-corrected chi connectivity index (χ2v) is 5.47. The summed E-state index contributed by atoms with van der Waals surface area (Å²) in [5, 5.41) is 7.50. The van der Waals surface area contributed by atoms with Gasteiger partial charge in [-0.3, -0.25) is 4.79 Å². The van der Waals surface area contributed by atoms with Gasteiger partial charge in [-0.05, 0) is 34.8 Å². The standard InChI is InChI=1S/C15H18BrN3O/c1-3-9-19-15(20)14(16)13(10-17-19)18-11(2)12-7-5-4-6-8-12/h4-8,10-11,18H,3,9H2,1-2H3. The number of hydrogen-bond donors (Lipinski definition) is 1. The predicted molar refractivity (Wildman–Crippen MR) is 85.0 cm³/mol. The smallest absolute Gasteiger partial charge is 0.283 e. The molecule has 0 spiro atoms. The SMILES string of the molecule is CCCn1ncc(NC(C)c2ccccc2)c(Br)c1=O. The Balaban J connectivity index is 2.22. The van der Waals surface area contributed by atoms with Crippen LogP contribution in [0.4, 0.5) is 5.69 Å². The fourth-order valence-electron chi connectivity index (χ4n) is 2.00. The van der Waals surface area contributed by atoms with Crippen molar-refractivity contribution in [3.63, 3.8) is 0 Å². The Kier molecular flexibility index (Phi) is 4.95. The molecule has 0 saturated carbocycles. The topological polar surface area (TPSA) is 46.9 Å². The molecule has 0 aliphatic heterocycles. The van der Waals surface area contributed by atoms with E-state index in [0.29, 0.717) is 11.0 Å². The molecule has 2 rings (SSSR count). The van der Waals surface area contributed by atoms with Crippen molar-refractivity contribution in [1.82, 2.24) is 9.78 Å². The quantitative estimate of drug-likeness (QED) is 0.908. The van der Waals surface area contributed by atoms with Gasteiger partial charge in [0, 0.05) is 12.6 Å². The third kappa shape index (κ3) is 3.28. The summed E-state index contributed by atoms with van der Waals surface area (Å²) in [6.45, 7) is 4.71. The van der Waals surface area contributed by atoms with Crippen LogP contribution < -0.4 is 10.9 Å². The van der Waals surface area contributed by atoms with Crippen molar-refractivity contribution in [3.05, 3.63) is 56.9 Å². The van der Waals surface area contributed by atoms with E-state index in [-0.39, 0.29) is 11.6 Å². The molecule has 0 fully saturated rings. The lowest BCUT2D eigenvalue weighted by Crippen LogP contribution is -2.24. The van der Waals surface area contributed by atoms with Crippen molar-refractivity contribution in [1.29, 1.82) is 0 Å². The largest absolute Gasteiger partial charge is 0.376 e. The van der Waals surface area contributed by atoms with Crippen LogP contribution in [0, 0.1) is 0 Å². The number of rotatable bonds is 5. The van der Waals surface area contributed by atoms with Gasteiger partial charge in [0.05, 0.1) is 11.9 Å². The second kappa shape index (κ2) is 6.70. The highest BCUT2D eigenvalue weighted by Gasteiger charge is 2.11. The normalized spacial score (nSPS) is 12.2. The molecule has 2 aromatic rings. The molecule has 5 heteroatoms. The van der Waals surface area contributed by atoms with Gasteiger partial charge in [-0.15, -0.1) is 0 Å². The number of aromatic nitrogens is 2. The number of halogens is 1. The Labute approximate surface area is 127 Å². The Hall–Kier alpha value is -1.62. The summed E-state index contributed by atoms with van der Waals surface area (Å²) >= 11 is 3.37. The predicted octanol–water partition coefficient (Wildman–Crippen LogP) is 3.59. The molecule has 1 aromatic heterocycles.